The molecule has 0 bridgehead atoms. The summed E-state index contributed by atoms with van der Waals surface area (Å²) < 4.78 is 26.8. The van der Waals surface area contributed by atoms with Gasteiger partial charge in [-0.15, -0.1) is 0 Å². The van der Waals surface area contributed by atoms with Gasteiger partial charge in [0.1, 0.15) is 4.90 Å². The molecule has 0 heterocycles. The van der Waals surface area contributed by atoms with E-state index in [2.05, 4.69) is 4.72 Å². The fourth-order valence-corrected chi connectivity index (χ4v) is 3.39. The third-order valence-electron chi connectivity index (χ3n) is 2.88. The van der Waals surface area contributed by atoms with Crippen LogP contribution in [0.5, 0.6) is 0 Å². The first-order chi connectivity index (χ1) is 8.81. The van der Waals surface area contributed by atoms with Crippen LogP contribution in [0.2, 0.25) is 10.0 Å². The molecule has 0 radical (unpaired) electrons. The van der Waals surface area contributed by atoms with E-state index in [0.29, 0.717) is 12.1 Å². The van der Waals surface area contributed by atoms with Gasteiger partial charge in [0.15, 0.2) is 0 Å². The molecular formula is C12H17Cl2NO3S. The predicted molar refractivity (Wildman–Crippen MR) is 77.0 cm³/mol. The lowest BCUT2D eigenvalue weighted by molar-refractivity contribution is 0.281. The van der Waals surface area contributed by atoms with Gasteiger partial charge in [-0.2, -0.15) is 0 Å². The summed E-state index contributed by atoms with van der Waals surface area (Å²) >= 11 is 11.7. The van der Waals surface area contributed by atoms with E-state index in [4.69, 9.17) is 28.3 Å². The quantitative estimate of drug-likeness (QED) is 0.845. The average molecular weight is 326 g/mol. The number of aliphatic hydroxyl groups excluding tert-OH is 1. The summed E-state index contributed by atoms with van der Waals surface area (Å²) in [5.41, 5.74) is 0.329. The minimum Gasteiger partial charge on any atom is -0.392 e. The van der Waals surface area contributed by atoms with E-state index in [0.717, 1.165) is 6.42 Å². The van der Waals surface area contributed by atoms with Crippen molar-refractivity contribution in [1.82, 2.24) is 4.72 Å². The van der Waals surface area contributed by atoms with Gasteiger partial charge in [0.05, 0.1) is 11.6 Å². The normalized spacial score (nSPS) is 13.5. The van der Waals surface area contributed by atoms with Gasteiger partial charge in [-0.25, -0.2) is 13.1 Å². The highest BCUT2D eigenvalue weighted by molar-refractivity contribution is 7.89. The van der Waals surface area contributed by atoms with Crippen LogP contribution in [0.4, 0.5) is 0 Å². The van der Waals surface area contributed by atoms with Crippen molar-refractivity contribution in [1.29, 1.82) is 0 Å². The van der Waals surface area contributed by atoms with Crippen molar-refractivity contribution >= 4 is 33.2 Å². The molecule has 7 heteroatoms. The Labute approximate surface area is 123 Å². The predicted octanol–water partition coefficient (Wildman–Crippen LogP) is 2.81. The standard InChI is InChI=1S/C12H17Cl2NO3S/c1-3-8(2)6-15-19(17,18)12-4-9(7-16)10(13)5-11(12)14/h4-5,8,15-16H,3,6-7H2,1-2H3. The van der Waals surface area contributed by atoms with Crippen LogP contribution < -0.4 is 4.72 Å². The van der Waals surface area contributed by atoms with E-state index in [1.807, 2.05) is 13.8 Å². The van der Waals surface area contributed by atoms with Crippen molar-refractivity contribution < 1.29 is 13.5 Å². The molecule has 1 unspecified atom stereocenters. The number of rotatable bonds is 6. The summed E-state index contributed by atoms with van der Waals surface area (Å²) in [6.45, 7) is 3.93. The van der Waals surface area contributed by atoms with Crippen LogP contribution in [0.15, 0.2) is 17.0 Å². The molecule has 108 valence electrons. The molecular weight excluding hydrogens is 309 g/mol. The van der Waals surface area contributed by atoms with E-state index < -0.39 is 10.0 Å². The fourth-order valence-electron chi connectivity index (χ4n) is 1.37. The Morgan fingerprint density at radius 2 is 1.95 bits per heavy atom. The number of aliphatic hydroxyl groups is 1. The molecule has 1 aromatic carbocycles. The van der Waals surface area contributed by atoms with E-state index >= 15 is 0 Å². The lowest BCUT2D eigenvalue weighted by atomic mass is 10.1. The first-order valence-corrected chi connectivity index (χ1v) is 8.14. The Bertz CT molecular complexity index is 546. The molecule has 2 N–H and O–H groups in total. The van der Waals surface area contributed by atoms with E-state index in [9.17, 15) is 8.42 Å². The topological polar surface area (TPSA) is 66.4 Å². The molecule has 1 rings (SSSR count). The summed E-state index contributed by atoms with van der Waals surface area (Å²) in [5.74, 6) is 0.234. The van der Waals surface area contributed by atoms with Gasteiger partial charge in [0.2, 0.25) is 10.0 Å². The third kappa shape index (κ3) is 4.33. The second-order valence-corrected chi connectivity index (χ2v) is 6.95. The molecule has 0 aromatic heterocycles. The Balaban J connectivity index is 3.07. The van der Waals surface area contributed by atoms with Gasteiger partial charge in [-0.3, -0.25) is 0 Å². The third-order valence-corrected chi connectivity index (χ3v) is 5.12. The molecule has 1 aromatic rings. The van der Waals surface area contributed by atoms with Gasteiger partial charge in [-0.1, -0.05) is 43.5 Å². The molecule has 1 atom stereocenters. The summed E-state index contributed by atoms with van der Waals surface area (Å²) in [6, 6.07) is 2.62. The van der Waals surface area contributed by atoms with Gasteiger partial charge in [0, 0.05) is 11.6 Å². The minimum atomic E-state index is -3.70. The molecule has 0 amide bonds. The second kappa shape index (κ2) is 6.90. The maximum Gasteiger partial charge on any atom is 0.242 e. The van der Waals surface area contributed by atoms with Crippen molar-refractivity contribution in [2.45, 2.75) is 31.8 Å². The number of hydrogen-bond donors (Lipinski definition) is 2. The zero-order valence-electron chi connectivity index (χ0n) is 10.8. The van der Waals surface area contributed by atoms with Gasteiger partial charge < -0.3 is 5.11 Å². The maximum absolute atomic E-state index is 12.1. The molecule has 0 spiro atoms. The average Bonchev–Trinajstić information content (AvgIpc) is 2.35. The Morgan fingerprint density at radius 1 is 1.32 bits per heavy atom. The summed E-state index contributed by atoms with van der Waals surface area (Å²) in [4.78, 5) is -0.0640. The number of sulfonamides is 1. The van der Waals surface area contributed by atoms with Gasteiger partial charge >= 0.3 is 0 Å². The summed E-state index contributed by atoms with van der Waals surface area (Å²) in [6.07, 6.45) is 0.874. The highest BCUT2D eigenvalue weighted by Crippen LogP contribution is 2.28. The van der Waals surface area contributed by atoms with Crippen molar-refractivity contribution in [2.75, 3.05) is 6.54 Å². The van der Waals surface area contributed by atoms with Crippen LogP contribution >= 0.6 is 23.2 Å². The van der Waals surface area contributed by atoms with Crippen molar-refractivity contribution in [3.05, 3.63) is 27.7 Å². The Hall–Kier alpha value is -0.330. The molecule has 0 aliphatic heterocycles. The van der Waals surface area contributed by atoms with Crippen LogP contribution in [0.1, 0.15) is 25.8 Å². The molecule has 0 saturated carbocycles. The monoisotopic (exact) mass is 325 g/mol. The molecule has 0 saturated heterocycles. The van der Waals surface area contributed by atoms with Crippen molar-refractivity contribution in [3.63, 3.8) is 0 Å². The number of hydrogen-bond acceptors (Lipinski definition) is 3. The highest BCUT2D eigenvalue weighted by Gasteiger charge is 2.20. The summed E-state index contributed by atoms with van der Waals surface area (Å²) in [7, 11) is -3.70. The molecule has 0 fully saturated rings. The zero-order chi connectivity index (χ0) is 14.6. The molecule has 0 aliphatic rings. The SMILES string of the molecule is CCC(C)CNS(=O)(=O)c1cc(CO)c(Cl)cc1Cl. The number of benzene rings is 1. The lowest BCUT2D eigenvalue weighted by Gasteiger charge is -2.13. The van der Waals surface area contributed by atoms with Crippen LogP contribution in [-0.4, -0.2) is 20.1 Å². The Morgan fingerprint density at radius 3 is 2.47 bits per heavy atom. The first-order valence-electron chi connectivity index (χ1n) is 5.90. The van der Waals surface area contributed by atoms with E-state index in [1.165, 1.54) is 12.1 Å². The smallest absolute Gasteiger partial charge is 0.242 e. The van der Waals surface area contributed by atoms with Crippen molar-refractivity contribution in [2.24, 2.45) is 5.92 Å². The molecule has 4 nitrogen and oxygen atoms in total. The maximum atomic E-state index is 12.1. The van der Waals surface area contributed by atoms with E-state index in [1.54, 1.807) is 0 Å². The summed E-state index contributed by atoms with van der Waals surface area (Å²) in [5, 5.41) is 9.40. The van der Waals surface area contributed by atoms with Crippen LogP contribution in [0, 0.1) is 5.92 Å². The lowest BCUT2D eigenvalue weighted by Crippen LogP contribution is -2.28. The van der Waals surface area contributed by atoms with E-state index in [-0.39, 0.29) is 27.5 Å². The number of nitrogens with one attached hydrogen (secondary N) is 1. The van der Waals surface area contributed by atoms with Crippen molar-refractivity contribution in [3.8, 4) is 0 Å². The van der Waals surface area contributed by atoms with Gasteiger partial charge in [0.25, 0.3) is 0 Å². The number of halogens is 2. The second-order valence-electron chi connectivity index (χ2n) is 4.40. The van der Waals surface area contributed by atoms with Crippen LogP contribution in [0.25, 0.3) is 0 Å². The molecule has 0 aliphatic carbocycles. The van der Waals surface area contributed by atoms with Gasteiger partial charge in [-0.05, 0) is 23.6 Å². The van der Waals surface area contributed by atoms with Crippen LogP contribution in [0.3, 0.4) is 0 Å². The van der Waals surface area contributed by atoms with Crippen LogP contribution in [-0.2, 0) is 16.6 Å². The zero-order valence-corrected chi connectivity index (χ0v) is 13.1. The largest absolute Gasteiger partial charge is 0.392 e. The first kappa shape index (κ1) is 16.7. The Kier molecular flexibility index (Phi) is 6.08. The minimum absolute atomic E-state index is 0.0406. The highest BCUT2D eigenvalue weighted by atomic mass is 35.5. The molecule has 19 heavy (non-hydrogen) atoms. The fraction of sp³-hybridized carbons (Fsp3) is 0.500.